The van der Waals surface area contributed by atoms with Crippen LogP contribution in [0.15, 0.2) is 23.2 Å². The minimum atomic E-state index is 0.621. The summed E-state index contributed by atoms with van der Waals surface area (Å²) in [6.07, 6.45) is 5.63. The highest BCUT2D eigenvalue weighted by Crippen LogP contribution is 2.22. The Morgan fingerprint density at radius 1 is 1.26 bits per heavy atom. The van der Waals surface area contributed by atoms with E-state index >= 15 is 0 Å². The Morgan fingerprint density at radius 3 is 2.58 bits per heavy atom. The van der Waals surface area contributed by atoms with Gasteiger partial charge in [-0.15, -0.1) is 0 Å². The molecule has 0 amide bonds. The minimum absolute atomic E-state index is 0.621. The number of rotatable bonds is 5. The van der Waals surface area contributed by atoms with Crippen molar-refractivity contribution in [2.24, 2.45) is 17.8 Å². The van der Waals surface area contributed by atoms with Gasteiger partial charge in [-0.3, -0.25) is 0 Å². The predicted octanol–water partition coefficient (Wildman–Crippen LogP) is 3.83. The molecule has 0 unspecified atom stereocenters. The van der Waals surface area contributed by atoms with Crippen LogP contribution in [0, 0.1) is 17.8 Å². The first-order chi connectivity index (χ1) is 8.99. The van der Waals surface area contributed by atoms with Crippen LogP contribution in [0.1, 0.15) is 27.7 Å². The van der Waals surface area contributed by atoms with Crippen molar-refractivity contribution < 1.29 is 0 Å². The SMILES string of the molecule is CC(C)C(CNc1nc(Br)cn2ccnc12)C(C)C. The molecule has 4 nitrogen and oxygen atoms in total. The molecule has 0 atom stereocenters. The number of halogens is 1. The van der Waals surface area contributed by atoms with Crippen molar-refractivity contribution in [1.82, 2.24) is 14.4 Å². The lowest BCUT2D eigenvalue weighted by molar-refractivity contribution is 0.304. The molecular formula is C14H21BrN4. The third-order valence-corrected chi connectivity index (χ3v) is 3.94. The van der Waals surface area contributed by atoms with E-state index in [1.807, 2.05) is 16.8 Å². The zero-order valence-corrected chi connectivity index (χ0v) is 13.5. The molecule has 0 aromatic carbocycles. The molecule has 2 rings (SSSR count). The Hall–Kier alpha value is -1.10. The molecular weight excluding hydrogens is 304 g/mol. The number of anilines is 1. The number of nitrogens with one attached hydrogen (secondary N) is 1. The molecule has 0 saturated carbocycles. The highest BCUT2D eigenvalue weighted by Gasteiger charge is 2.18. The monoisotopic (exact) mass is 324 g/mol. The lowest BCUT2D eigenvalue weighted by atomic mass is 9.85. The van der Waals surface area contributed by atoms with Crippen molar-refractivity contribution in [1.29, 1.82) is 0 Å². The van der Waals surface area contributed by atoms with Crippen LogP contribution in [0.3, 0.4) is 0 Å². The Morgan fingerprint density at radius 2 is 1.95 bits per heavy atom. The van der Waals surface area contributed by atoms with Crippen molar-refractivity contribution in [3.63, 3.8) is 0 Å². The predicted molar refractivity (Wildman–Crippen MR) is 82.3 cm³/mol. The van der Waals surface area contributed by atoms with Gasteiger partial charge in [-0.25, -0.2) is 9.97 Å². The number of fused-ring (bicyclic) bond motifs is 1. The quantitative estimate of drug-likeness (QED) is 0.908. The van der Waals surface area contributed by atoms with Crippen LogP contribution in [-0.4, -0.2) is 20.9 Å². The van der Waals surface area contributed by atoms with E-state index < -0.39 is 0 Å². The van der Waals surface area contributed by atoms with Gasteiger partial charge < -0.3 is 9.72 Å². The van der Waals surface area contributed by atoms with Crippen LogP contribution < -0.4 is 5.32 Å². The van der Waals surface area contributed by atoms with E-state index in [1.54, 1.807) is 6.20 Å². The Bertz CT molecular complexity index is 539. The molecule has 0 radical (unpaired) electrons. The standard InChI is InChI=1S/C14H21BrN4/c1-9(2)11(10(3)4)7-17-13-14-16-5-6-19(14)8-12(15)18-13/h5-6,8-11H,7H2,1-4H3,(H,17,18). The summed E-state index contributed by atoms with van der Waals surface area (Å²) in [5.41, 5.74) is 0.870. The lowest BCUT2D eigenvalue weighted by Crippen LogP contribution is -2.25. The maximum absolute atomic E-state index is 4.49. The van der Waals surface area contributed by atoms with E-state index in [-0.39, 0.29) is 0 Å². The fourth-order valence-electron chi connectivity index (χ4n) is 2.48. The number of aromatic nitrogens is 3. The van der Waals surface area contributed by atoms with Gasteiger partial charge in [0.1, 0.15) is 4.60 Å². The second kappa shape index (κ2) is 5.90. The maximum atomic E-state index is 4.49. The summed E-state index contributed by atoms with van der Waals surface area (Å²) in [4.78, 5) is 8.83. The van der Waals surface area contributed by atoms with E-state index in [1.165, 1.54) is 0 Å². The highest BCUT2D eigenvalue weighted by atomic mass is 79.9. The van der Waals surface area contributed by atoms with Crippen molar-refractivity contribution >= 4 is 27.4 Å². The number of hydrogen-bond acceptors (Lipinski definition) is 3. The molecule has 0 aliphatic heterocycles. The molecule has 2 heterocycles. The van der Waals surface area contributed by atoms with Crippen LogP contribution in [0.25, 0.3) is 5.65 Å². The third-order valence-electron chi connectivity index (χ3n) is 3.56. The molecule has 0 fully saturated rings. The Kier molecular flexibility index (Phi) is 4.45. The minimum Gasteiger partial charge on any atom is -0.367 e. The van der Waals surface area contributed by atoms with Crippen LogP contribution >= 0.6 is 15.9 Å². The molecule has 0 bridgehead atoms. The molecule has 0 spiro atoms. The van der Waals surface area contributed by atoms with Gasteiger partial charge in [0.05, 0.1) is 0 Å². The van der Waals surface area contributed by atoms with Gasteiger partial charge in [0.25, 0.3) is 0 Å². The van der Waals surface area contributed by atoms with E-state index in [4.69, 9.17) is 0 Å². The van der Waals surface area contributed by atoms with E-state index in [9.17, 15) is 0 Å². The first-order valence-corrected chi connectivity index (χ1v) is 7.51. The summed E-state index contributed by atoms with van der Waals surface area (Å²) in [5, 5.41) is 3.45. The average molecular weight is 325 g/mol. The Balaban J connectivity index is 2.19. The van der Waals surface area contributed by atoms with Gasteiger partial charge in [0.15, 0.2) is 11.5 Å². The summed E-state index contributed by atoms with van der Waals surface area (Å²) in [7, 11) is 0. The van der Waals surface area contributed by atoms with Gasteiger partial charge in [-0.1, -0.05) is 27.7 Å². The highest BCUT2D eigenvalue weighted by molar-refractivity contribution is 9.10. The molecule has 2 aromatic heterocycles. The number of nitrogens with zero attached hydrogens (tertiary/aromatic N) is 3. The lowest BCUT2D eigenvalue weighted by Gasteiger charge is -2.25. The van der Waals surface area contributed by atoms with Gasteiger partial charge in [0, 0.05) is 25.1 Å². The average Bonchev–Trinajstić information content (AvgIpc) is 2.75. The van der Waals surface area contributed by atoms with E-state index in [0.717, 1.165) is 22.6 Å². The van der Waals surface area contributed by atoms with Crippen LogP contribution in [0.5, 0.6) is 0 Å². The van der Waals surface area contributed by atoms with Crippen molar-refractivity contribution in [2.45, 2.75) is 27.7 Å². The zero-order chi connectivity index (χ0) is 14.0. The van der Waals surface area contributed by atoms with E-state index in [2.05, 4.69) is 58.9 Å². The largest absolute Gasteiger partial charge is 0.367 e. The second-order valence-electron chi connectivity index (χ2n) is 5.60. The number of hydrogen-bond donors (Lipinski definition) is 1. The van der Waals surface area contributed by atoms with Crippen LogP contribution in [0.4, 0.5) is 5.82 Å². The van der Waals surface area contributed by atoms with Gasteiger partial charge in [0.2, 0.25) is 0 Å². The molecule has 2 aromatic rings. The molecule has 0 saturated heterocycles. The van der Waals surface area contributed by atoms with Gasteiger partial charge in [-0.2, -0.15) is 0 Å². The fraction of sp³-hybridized carbons (Fsp3) is 0.571. The first kappa shape index (κ1) is 14.3. The van der Waals surface area contributed by atoms with Crippen molar-refractivity contribution in [3.8, 4) is 0 Å². The smallest absolute Gasteiger partial charge is 0.180 e. The normalized spacial score (nSPS) is 12.0. The van der Waals surface area contributed by atoms with Crippen molar-refractivity contribution in [2.75, 3.05) is 11.9 Å². The topological polar surface area (TPSA) is 42.2 Å². The zero-order valence-electron chi connectivity index (χ0n) is 11.9. The molecule has 0 aliphatic carbocycles. The van der Waals surface area contributed by atoms with E-state index in [0.29, 0.717) is 17.8 Å². The molecule has 5 heteroatoms. The molecule has 104 valence electrons. The number of imidazole rings is 1. The van der Waals surface area contributed by atoms with Crippen LogP contribution in [0.2, 0.25) is 0 Å². The summed E-state index contributed by atoms with van der Waals surface area (Å²) in [5.74, 6) is 2.76. The molecule has 0 aliphatic rings. The van der Waals surface area contributed by atoms with Crippen molar-refractivity contribution in [3.05, 3.63) is 23.2 Å². The molecule has 1 N–H and O–H groups in total. The molecule has 19 heavy (non-hydrogen) atoms. The third kappa shape index (κ3) is 3.26. The summed E-state index contributed by atoms with van der Waals surface area (Å²) in [6.45, 7) is 10.00. The second-order valence-corrected chi connectivity index (χ2v) is 6.42. The van der Waals surface area contributed by atoms with Gasteiger partial charge >= 0.3 is 0 Å². The van der Waals surface area contributed by atoms with Crippen LogP contribution in [-0.2, 0) is 0 Å². The summed E-state index contributed by atoms with van der Waals surface area (Å²) in [6, 6.07) is 0. The van der Waals surface area contributed by atoms with Gasteiger partial charge in [-0.05, 0) is 33.7 Å². The Labute approximate surface area is 122 Å². The maximum Gasteiger partial charge on any atom is 0.180 e. The summed E-state index contributed by atoms with van der Waals surface area (Å²) >= 11 is 3.43. The fourth-order valence-corrected chi connectivity index (χ4v) is 2.87. The first-order valence-electron chi connectivity index (χ1n) is 6.72. The summed E-state index contributed by atoms with van der Waals surface area (Å²) < 4.78 is 2.78.